The van der Waals surface area contributed by atoms with Crippen LogP contribution in [-0.2, 0) is 11.2 Å². The van der Waals surface area contributed by atoms with Gasteiger partial charge in [-0.05, 0) is 0 Å². The molecule has 0 aliphatic rings. The molecule has 13 heavy (non-hydrogen) atoms. The Morgan fingerprint density at radius 3 is 3.08 bits per heavy atom. The SMILES string of the molecule is NC(=O)CCNCCc1cnc[nH]1. The van der Waals surface area contributed by atoms with Gasteiger partial charge in [-0.2, -0.15) is 0 Å². The molecule has 1 aromatic rings. The summed E-state index contributed by atoms with van der Waals surface area (Å²) in [5, 5.41) is 3.11. The van der Waals surface area contributed by atoms with Crippen molar-refractivity contribution in [1.82, 2.24) is 15.3 Å². The van der Waals surface area contributed by atoms with Crippen molar-refractivity contribution in [3.8, 4) is 0 Å². The molecule has 1 amide bonds. The molecule has 1 rings (SSSR count). The number of H-pyrrole nitrogens is 1. The lowest BCUT2D eigenvalue weighted by Gasteiger charge is -2.00. The predicted molar refractivity (Wildman–Crippen MR) is 49.0 cm³/mol. The van der Waals surface area contributed by atoms with E-state index < -0.39 is 0 Å². The number of hydrogen-bond donors (Lipinski definition) is 3. The summed E-state index contributed by atoms with van der Waals surface area (Å²) >= 11 is 0. The first-order chi connectivity index (χ1) is 6.29. The van der Waals surface area contributed by atoms with Crippen LogP contribution < -0.4 is 11.1 Å². The number of nitrogens with two attached hydrogens (primary N) is 1. The summed E-state index contributed by atoms with van der Waals surface area (Å²) < 4.78 is 0. The van der Waals surface area contributed by atoms with Gasteiger partial charge in [0.1, 0.15) is 0 Å². The van der Waals surface area contributed by atoms with Crippen LogP contribution in [0.5, 0.6) is 0 Å². The molecule has 5 heteroatoms. The smallest absolute Gasteiger partial charge is 0.218 e. The van der Waals surface area contributed by atoms with Crippen LogP contribution in [0.4, 0.5) is 0 Å². The Bertz CT molecular complexity index is 245. The largest absolute Gasteiger partial charge is 0.370 e. The fourth-order valence-corrected chi connectivity index (χ4v) is 0.981. The van der Waals surface area contributed by atoms with Gasteiger partial charge in [0.15, 0.2) is 0 Å². The van der Waals surface area contributed by atoms with Crippen LogP contribution in [-0.4, -0.2) is 29.0 Å². The summed E-state index contributed by atoms with van der Waals surface area (Å²) in [7, 11) is 0. The average Bonchev–Trinajstić information content (AvgIpc) is 2.55. The Morgan fingerprint density at radius 2 is 2.46 bits per heavy atom. The molecule has 0 fully saturated rings. The maximum absolute atomic E-state index is 10.4. The van der Waals surface area contributed by atoms with E-state index in [4.69, 9.17) is 5.73 Å². The molecular formula is C8H14N4O. The monoisotopic (exact) mass is 182 g/mol. The lowest BCUT2D eigenvalue weighted by atomic mass is 10.3. The summed E-state index contributed by atoms with van der Waals surface area (Å²) in [6.07, 6.45) is 4.72. The van der Waals surface area contributed by atoms with Crippen molar-refractivity contribution in [3.63, 3.8) is 0 Å². The molecule has 0 saturated carbocycles. The first-order valence-corrected chi connectivity index (χ1v) is 4.25. The summed E-state index contributed by atoms with van der Waals surface area (Å²) in [5.41, 5.74) is 6.06. The van der Waals surface area contributed by atoms with Crippen molar-refractivity contribution in [2.24, 2.45) is 5.73 Å². The van der Waals surface area contributed by atoms with Gasteiger partial charge in [0.25, 0.3) is 0 Å². The fraction of sp³-hybridized carbons (Fsp3) is 0.500. The van der Waals surface area contributed by atoms with Crippen LogP contribution >= 0.6 is 0 Å². The second-order valence-corrected chi connectivity index (χ2v) is 2.79. The summed E-state index contributed by atoms with van der Waals surface area (Å²) in [6, 6.07) is 0. The molecule has 5 nitrogen and oxygen atoms in total. The minimum absolute atomic E-state index is 0.269. The van der Waals surface area contributed by atoms with Crippen LogP contribution in [0.1, 0.15) is 12.1 Å². The molecule has 0 spiro atoms. The predicted octanol–water partition coefficient (Wildman–Crippen LogP) is -0.583. The van der Waals surface area contributed by atoms with Gasteiger partial charge in [0, 0.05) is 37.8 Å². The van der Waals surface area contributed by atoms with Crippen molar-refractivity contribution < 1.29 is 4.79 Å². The minimum atomic E-state index is -0.269. The lowest BCUT2D eigenvalue weighted by molar-refractivity contribution is -0.117. The first kappa shape index (κ1) is 9.73. The van der Waals surface area contributed by atoms with E-state index in [1.165, 1.54) is 0 Å². The van der Waals surface area contributed by atoms with Gasteiger partial charge < -0.3 is 16.0 Å². The highest BCUT2D eigenvalue weighted by atomic mass is 16.1. The zero-order valence-electron chi connectivity index (χ0n) is 7.42. The van der Waals surface area contributed by atoms with Gasteiger partial charge in [0.05, 0.1) is 6.33 Å². The fourth-order valence-electron chi connectivity index (χ4n) is 0.981. The van der Waals surface area contributed by atoms with Gasteiger partial charge in [0.2, 0.25) is 5.91 Å². The van der Waals surface area contributed by atoms with Gasteiger partial charge in [-0.3, -0.25) is 4.79 Å². The zero-order valence-corrected chi connectivity index (χ0v) is 7.42. The normalized spacial score (nSPS) is 10.2. The number of hydrogen-bond acceptors (Lipinski definition) is 3. The van der Waals surface area contributed by atoms with Gasteiger partial charge >= 0.3 is 0 Å². The lowest BCUT2D eigenvalue weighted by Crippen LogP contribution is -2.23. The van der Waals surface area contributed by atoms with Crippen LogP contribution in [0.25, 0.3) is 0 Å². The van der Waals surface area contributed by atoms with E-state index in [1.54, 1.807) is 12.5 Å². The van der Waals surface area contributed by atoms with E-state index >= 15 is 0 Å². The maximum Gasteiger partial charge on any atom is 0.218 e. The number of nitrogens with one attached hydrogen (secondary N) is 2. The van der Waals surface area contributed by atoms with E-state index in [2.05, 4.69) is 15.3 Å². The molecule has 4 N–H and O–H groups in total. The van der Waals surface area contributed by atoms with E-state index in [0.29, 0.717) is 13.0 Å². The molecule has 0 unspecified atom stereocenters. The first-order valence-electron chi connectivity index (χ1n) is 4.25. The number of nitrogens with zero attached hydrogens (tertiary/aromatic N) is 1. The third-order valence-electron chi connectivity index (χ3n) is 1.67. The molecule has 0 aromatic carbocycles. The molecule has 1 aromatic heterocycles. The summed E-state index contributed by atoms with van der Waals surface area (Å²) in [4.78, 5) is 17.2. The highest BCUT2D eigenvalue weighted by molar-refractivity contribution is 5.73. The maximum atomic E-state index is 10.4. The number of aromatic amines is 1. The van der Waals surface area contributed by atoms with Crippen LogP contribution in [0.2, 0.25) is 0 Å². The Kier molecular flexibility index (Phi) is 3.98. The summed E-state index contributed by atoms with van der Waals surface area (Å²) in [6.45, 7) is 1.47. The van der Waals surface area contributed by atoms with Gasteiger partial charge in [-0.1, -0.05) is 0 Å². The zero-order chi connectivity index (χ0) is 9.52. The van der Waals surface area contributed by atoms with Crippen molar-refractivity contribution in [2.75, 3.05) is 13.1 Å². The second-order valence-electron chi connectivity index (χ2n) is 2.79. The van der Waals surface area contributed by atoms with E-state index in [9.17, 15) is 4.79 Å². The van der Waals surface area contributed by atoms with Crippen LogP contribution in [0.3, 0.4) is 0 Å². The Labute approximate surface area is 76.7 Å². The average molecular weight is 182 g/mol. The molecular weight excluding hydrogens is 168 g/mol. The third kappa shape index (κ3) is 4.27. The van der Waals surface area contributed by atoms with Crippen molar-refractivity contribution >= 4 is 5.91 Å². The van der Waals surface area contributed by atoms with Crippen molar-refractivity contribution in [1.29, 1.82) is 0 Å². The number of amides is 1. The molecule has 0 saturated heterocycles. The highest BCUT2D eigenvalue weighted by Crippen LogP contribution is 1.90. The molecule has 0 radical (unpaired) electrons. The van der Waals surface area contributed by atoms with E-state index in [1.807, 2.05) is 0 Å². The Morgan fingerprint density at radius 1 is 1.62 bits per heavy atom. The van der Waals surface area contributed by atoms with Crippen molar-refractivity contribution in [3.05, 3.63) is 18.2 Å². The molecule has 0 aliphatic heterocycles. The molecule has 0 atom stereocenters. The Balaban J connectivity index is 1.99. The van der Waals surface area contributed by atoms with Crippen LogP contribution in [0, 0.1) is 0 Å². The molecule has 0 bridgehead atoms. The van der Waals surface area contributed by atoms with Gasteiger partial charge in [-0.15, -0.1) is 0 Å². The topological polar surface area (TPSA) is 83.8 Å². The van der Waals surface area contributed by atoms with Crippen LogP contribution in [0.15, 0.2) is 12.5 Å². The Hall–Kier alpha value is -1.36. The minimum Gasteiger partial charge on any atom is -0.370 e. The van der Waals surface area contributed by atoms with Gasteiger partial charge in [-0.25, -0.2) is 4.98 Å². The molecule has 0 aliphatic carbocycles. The molecule has 1 heterocycles. The van der Waals surface area contributed by atoms with E-state index in [-0.39, 0.29) is 5.91 Å². The van der Waals surface area contributed by atoms with E-state index in [0.717, 1.165) is 18.7 Å². The third-order valence-corrected chi connectivity index (χ3v) is 1.67. The number of imidazole rings is 1. The number of primary amides is 1. The number of carbonyl (C=O) groups is 1. The standard InChI is InChI=1S/C8H14N4O/c9-8(13)2-4-10-3-1-7-5-11-6-12-7/h5-6,10H,1-4H2,(H2,9,13)(H,11,12). The van der Waals surface area contributed by atoms with Crippen molar-refractivity contribution in [2.45, 2.75) is 12.8 Å². The quantitative estimate of drug-likeness (QED) is 0.514. The second kappa shape index (κ2) is 5.31. The number of aromatic nitrogens is 2. The summed E-state index contributed by atoms with van der Waals surface area (Å²) in [5.74, 6) is -0.269. The highest BCUT2D eigenvalue weighted by Gasteiger charge is 1.95. The number of carbonyl (C=O) groups excluding carboxylic acids is 1. The number of rotatable bonds is 6. The molecule has 72 valence electrons.